The Labute approximate surface area is 261 Å². The van der Waals surface area contributed by atoms with E-state index >= 15 is 0 Å². The van der Waals surface area contributed by atoms with Crippen LogP contribution in [0, 0.1) is 11.8 Å². The van der Waals surface area contributed by atoms with Crippen molar-refractivity contribution in [2.45, 2.75) is 70.8 Å². The molecule has 2 unspecified atom stereocenters. The molecule has 2 atom stereocenters. The van der Waals surface area contributed by atoms with Gasteiger partial charge in [0.05, 0.1) is 37.9 Å². The van der Waals surface area contributed by atoms with Crippen LogP contribution in [-0.4, -0.2) is 59.2 Å². The zero-order valence-electron chi connectivity index (χ0n) is 25.1. The molecule has 0 aliphatic heterocycles. The van der Waals surface area contributed by atoms with Crippen molar-refractivity contribution in [3.05, 3.63) is 66.2 Å². The average molecular weight is 629 g/mol. The first-order chi connectivity index (χ1) is 21.7. The highest BCUT2D eigenvalue weighted by Gasteiger charge is 2.39. The Morgan fingerprint density at radius 1 is 0.556 bits per heavy atom. The van der Waals surface area contributed by atoms with E-state index in [9.17, 15) is 39.0 Å². The lowest BCUT2D eigenvalue weighted by molar-refractivity contribution is -0.166. The maximum Gasteiger partial charge on any atom is 0.311 e. The number of para-hydroxylation sites is 1. The van der Waals surface area contributed by atoms with Crippen LogP contribution in [-0.2, 0) is 49.6 Å². The Kier molecular flexibility index (Phi) is 17.0. The molecule has 0 amide bonds. The van der Waals surface area contributed by atoms with Gasteiger partial charge in [-0.15, -0.1) is 0 Å². The van der Waals surface area contributed by atoms with Gasteiger partial charge in [0.15, 0.2) is 0 Å². The maximum absolute atomic E-state index is 12.8. The molecule has 0 saturated heterocycles. The molecule has 12 nitrogen and oxygen atoms in total. The van der Waals surface area contributed by atoms with Crippen LogP contribution in [0.5, 0.6) is 5.75 Å². The fourth-order valence-corrected chi connectivity index (χ4v) is 4.29. The van der Waals surface area contributed by atoms with Gasteiger partial charge >= 0.3 is 35.8 Å². The first-order valence-electron chi connectivity index (χ1n) is 14.9. The molecule has 2 rings (SSSR count). The van der Waals surface area contributed by atoms with E-state index in [1.165, 1.54) is 0 Å². The number of carbonyl (C=O) groups is 6. The highest BCUT2D eigenvalue weighted by molar-refractivity contribution is 5.88. The van der Waals surface area contributed by atoms with Gasteiger partial charge < -0.3 is 29.2 Å². The largest absolute Gasteiger partial charge is 0.481 e. The highest BCUT2D eigenvalue weighted by atomic mass is 16.5. The first kappa shape index (κ1) is 36.5. The van der Waals surface area contributed by atoms with Crippen molar-refractivity contribution in [2.75, 3.05) is 13.2 Å². The van der Waals surface area contributed by atoms with Crippen molar-refractivity contribution in [1.82, 2.24) is 0 Å². The molecule has 12 heteroatoms. The average Bonchev–Trinajstić information content (AvgIpc) is 3.01. The van der Waals surface area contributed by atoms with Crippen LogP contribution >= 0.6 is 0 Å². The van der Waals surface area contributed by atoms with Gasteiger partial charge in [-0.2, -0.15) is 0 Å². The number of hydrogen-bond donors (Lipinski definition) is 2. The number of ether oxygens (including phenoxy) is 4. The molecule has 244 valence electrons. The SMILES string of the molecule is O=C(O)CC(C(=O)OCCCCCC(=O)OCc1ccccc1)C(CC(=O)O)C(=O)OCCCCCC(=O)Oc1ccccc1. The quantitative estimate of drug-likeness (QED) is 0.0794. The number of rotatable bonds is 22. The third-order valence-electron chi connectivity index (χ3n) is 6.64. The van der Waals surface area contributed by atoms with E-state index in [0.29, 0.717) is 44.3 Å². The first-order valence-corrected chi connectivity index (χ1v) is 14.9. The second-order valence-corrected chi connectivity index (χ2v) is 10.3. The predicted molar refractivity (Wildman–Crippen MR) is 159 cm³/mol. The normalized spacial score (nSPS) is 11.9. The van der Waals surface area contributed by atoms with Crippen LogP contribution in [0.2, 0.25) is 0 Å². The Balaban J connectivity index is 1.73. The molecule has 0 radical (unpaired) electrons. The number of carbonyl (C=O) groups excluding carboxylic acids is 4. The van der Waals surface area contributed by atoms with Gasteiger partial charge in [0, 0.05) is 12.8 Å². The third-order valence-corrected chi connectivity index (χ3v) is 6.64. The van der Waals surface area contributed by atoms with Gasteiger partial charge in [0.2, 0.25) is 0 Å². The van der Waals surface area contributed by atoms with Crippen molar-refractivity contribution in [3.8, 4) is 5.75 Å². The molecule has 0 heterocycles. The number of aliphatic carboxylic acids is 2. The molecule has 2 aromatic carbocycles. The molecule has 2 N–H and O–H groups in total. The van der Waals surface area contributed by atoms with Crippen molar-refractivity contribution >= 4 is 35.8 Å². The lowest BCUT2D eigenvalue weighted by Gasteiger charge is -2.22. The summed E-state index contributed by atoms with van der Waals surface area (Å²) < 4.78 is 20.8. The molecule has 45 heavy (non-hydrogen) atoms. The third kappa shape index (κ3) is 16.1. The standard InChI is InChI=1S/C33H40O12/c34-28(35)21-26(32(40)42-19-11-3-9-17-30(38)44-23-24-13-5-1-6-14-24)27(22-29(36)37)33(41)43-20-12-4-10-18-31(39)45-25-15-7-2-8-16-25/h1-2,5-8,13-16,26-27H,3-4,9-12,17-23H2,(H,34,35)(H,36,37). The number of unbranched alkanes of at least 4 members (excludes halogenated alkanes) is 4. The molecule has 2 aromatic rings. The van der Waals surface area contributed by atoms with Crippen LogP contribution < -0.4 is 4.74 Å². The van der Waals surface area contributed by atoms with E-state index < -0.39 is 54.5 Å². The summed E-state index contributed by atoms with van der Waals surface area (Å²) in [6.07, 6.45) is 1.37. The topological polar surface area (TPSA) is 180 Å². The van der Waals surface area contributed by atoms with Crippen LogP contribution in [0.25, 0.3) is 0 Å². The molecule has 0 aromatic heterocycles. The predicted octanol–water partition coefficient (Wildman–Crippen LogP) is 4.72. The van der Waals surface area contributed by atoms with Gasteiger partial charge in [0.25, 0.3) is 0 Å². The fourth-order valence-electron chi connectivity index (χ4n) is 4.29. The van der Waals surface area contributed by atoms with E-state index in [1.54, 1.807) is 30.3 Å². The zero-order valence-corrected chi connectivity index (χ0v) is 25.1. The van der Waals surface area contributed by atoms with Crippen molar-refractivity contribution in [2.24, 2.45) is 11.8 Å². The number of esters is 4. The van der Waals surface area contributed by atoms with Gasteiger partial charge in [-0.1, -0.05) is 48.5 Å². The van der Waals surface area contributed by atoms with E-state index in [2.05, 4.69) is 0 Å². The van der Waals surface area contributed by atoms with E-state index in [1.807, 2.05) is 30.3 Å². The minimum absolute atomic E-state index is 0.102. The number of carboxylic acids is 2. The Hall–Kier alpha value is -4.74. The lowest BCUT2D eigenvalue weighted by Crippen LogP contribution is -2.36. The Morgan fingerprint density at radius 2 is 1.02 bits per heavy atom. The van der Waals surface area contributed by atoms with Crippen LogP contribution in [0.4, 0.5) is 0 Å². The van der Waals surface area contributed by atoms with Crippen LogP contribution in [0.15, 0.2) is 60.7 Å². The van der Waals surface area contributed by atoms with Gasteiger partial charge in [0.1, 0.15) is 12.4 Å². The molecule has 0 aliphatic carbocycles. The van der Waals surface area contributed by atoms with Gasteiger partial charge in [-0.3, -0.25) is 28.8 Å². The minimum atomic E-state index is -1.56. The molecule has 0 spiro atoms. The summed E-state index contributed by atoms with van der Waals surface area (Å²) in [6.45, 7) is -0.0330. The summed E-state index contributed by atoms with van der Waals surface area (Å²) in [6, 6.07) is 17.8. The molecule has 0 aliphatic rings. The van der Waals surface area contributed by atoms with Gasteiger partial charge in [-0.05, 0) is 56.2 Å². The van der Waals surface area contributed by atoms with Crippen LogP contribution in [0.3, 0.4) is 0 Å². The number of carboxylic acid groups (broad SMARTS) is 2. The van der Waals surface area contributed by atoms with Crippen molar-refractivity contribution in [1.29, 1.82) is 0 Å². The second-order valence-electron chi connectivity index (χ2n) is 10.3. The summed E-state index contributed by atoms with van der Waals surface area (Å²) in [5.74, 6) is -8.30. The van der Waals surface area contributed by atoms with Crippen molar-refractivity contribution in [3.63, 3.8) is 0 Å². The summed E-state index contributed by atoms with van der Waals surface area (Å²) in [5, 5.41) is 18.7. The molecular formula is C33H40O12. The molecule has 0 bridgehead atoms. The lowest BCUT2D eigenvalue weighted by atomic mass is 9.86. The molecule has 0 saturated carbocycles. The molecular weight excluding hydrogens is 588 g/mol. The summed E-state index contributed by atoms with van der Waals surface area (Å²) >= 11 is 0. The summed E-state index contributed by atoms with van der Waals surface area (Å²) in [4.78, 5) is 72.3. The Morgan fingerprint density at radius 3 is 1.51 bits per heavy atom. The van der Waals surface area contributed by atoms with E-state index in [-0.39, 0.29) is 38.6 Å². The summed E-state index contributed by atoms with van der Waals surface area (Å²) in [7, 11) is 0. The fraction of sp³-hybridized carbons (Fsp3) is 0.455. The maximum atomic E-state index is 12.8. The Bertz CT molecular complexity index is 1230. The number of hydrogen-bond acceptors (Lipinski definition) is 10. The summed E-state index contributed by atoms with van der Waals surface area (Å²) in [5.41, 5.74) is 0.872. The monoisotopic (exact) mass is 628 g/mol. The second kappa shape index (κ2) is 21.0. The highest BCUT2D eigenvalue weighted by Crippen LogP contribution is 2.24. The van der Waals surface area contributed by atoms with E-state index in [4.69, 9.17) is 18.9 Å². The smallest absolute Gasteiger partial charge is 0.311 e. The van der Waals surface area contributed by atoms with E-state index in [0.717, 1.165) is 5.56 Å². The van der Waals surface area contributed by atoms with Gasteiger partial charge in [-0.25, -0.2) is 0 Å². The minimum Gasteiger partial charge on any atom is -0.481 e. The zero-order chi connectivity index (χ0) is 32.9. The van der Waals surface area contributed by atoms with Crippen LogP contribution in [0.1, 0.15) is 69.8 Å². The molecule has 0 fully saturated rings. The number of benzene rings is 2. The van der Waals surface area contributed by atoms with Crippen molar-refractivity contribution < 1.29 is 57.9 Å².